The van der Waals surface area contributed by atoms with Gasteiger partial charge < -0.3 is 4.74 Å². The maximum Gasteiger partial charge on any atom is 0.429 e. The molecule has 150 valence electrons. The minimum absolute atomic E-state index is 0.0749. The summed E-state index contributed by atoms with van der Waals surface area (Å²) in [5, 5.41) is 0. The molecule has 0 bridgehead atoms. The number of benzene rings is 2. The van der Waals surface area contributed by atoms with Crippen molar-refractivity contribution in [3.8, 4) is 5.75 Å². The van der Waals surface area contributed by atoms with Gasteiger partial charge in [-0.05, 0) is 43.0 Å². The van der Waals surface area contributed by atoms with Crippen LogP contribution in [0.1, 0.15) is 36.5 Å². The van der Waals surface area contributed by atoms with Crippen LogP contribution in [0.4, 0.5) is 26.3 Å². The minimum Gasteiger partial charge on any atom is -0.426 e. The molecule has 2 aromatic rings. The van der Waals surface area contributed by atoms with Crippen molar-refractivity contribution in [3.05, 3.63) is 83.0 Å². The van der Waals surface area contributed by atoms with E-state index < -0.39 is 40.7 Å². The highest BCUT2D eigenvalue weighted by molar-refractivity contribution is 5.52. The monoisotopic (exact) mass is 400 g/mol. The normalized spacial score (nSPS) is 11.8. The summed E-state index contributed by atoms with van der Waals surface area (Å²) in [6, 6.07) is 3.49. The van der Waals surface area contributed by atoms with Crippen LogP contribution in [-0.2, 0) is 12.5 Å². The van der Waals surface area contributed by atoms with E-state index in [0.29, 0.717) is 18.9 Å². The lowest BCUT2D eigenvalue weighted by molar-refractivity contribution is -0.189. The number of aryl methyl sites for hydroxylation is 1. The fourth-order valence-electron chi connectivity index (χ4n) is 2.46. The Morgan fingerprint density at radius 2 is 1.68 bits per heavy atom. The molecule has 0 radical (unpaired) electrons. The molecule has 0 aliphatic carbocycles. The Kier molecular flexibility index (Phi) is 6.94. The Balaban J connectivity index is 2.36. The van der Waals surface area contributed by atoms with Crippen molar-refractivity contribution in [1.29, 1.82) is 0 Å². The molecule has 0 aliphatic rings. The largest absolute Gasteiger partial charge is 0.429 e. The number of ether oxygens (including phenoxy) is 1. The van der Waals surface area contributed by atoms with Crippen molar-refractivity contribution in [1.82, 2.24) is 0 Å². The first-order valence-corrected chi connectivity index (χ1v) is 8.52. The first-order valence-electron chi connectivity index (χ1n) is 8.52. The second-order valence-corrected chi connectivity index (χ2v) is 5.94. The molecule has 28 heavy (non-hydrogen) atoms. The second-order valence-electron chi connectivity index (χ2n) is 5.94. The zero-order chi connectivity index (χ0) is 20.9. The third-order valence-electron chi connectivity index (χ3n) is 3.94. The molecule has 0 aliphatic heterocycles. The van der Waals surface area contributed by atoms with Crippen molar-refractivity contribution in [3.63, 3.8) is 0 Å². The van der Waals surface area contributed by atoms with Crippen molar-refractivity contribution >= 4 is 6.08 Å². The molecular weight excluding hydrogens is 382 g/mol. The summed E-state index contributed by atoms with van der Waals surface area (Å²) in [5.41, 5.74) is -1.68. The minimum atomic E-state index is -4.42. The van der Waals surface area contributed by atoms with E-state index in [-0.39, 0.29) is 17.5 Å². The molecule has 0 spiro atoms. The van der Waals surface area contributed by atoms with Gasteiger partial charge in [0.2, 0.25) is 5.82 Å². The molecular formula is C21H18F6O. The predicted molar refractivity (Wildman–Crippen MR) is 95.1 cm³/mol. The van der Waals surface area contributed by atoms with Gasteiger partial charge in [-0.3, -0.25) is 0 Å². The van der Waals surface area contributed by atoms with E-state index in [9.17, 15) is 26.3 Å². The number of rotatable bonds is 8. The molecule has 2 rings (SSSR count). The number of hydrogen-bond donors (Lipinski definition) is 0. The molecule has 0 heterocycles. The van der Waals surface area contributed by atoms with E-state index in [1.165, 1.54) is 12.2 Å². The Morgan fingerprint density at radius 3 is 2.32 bits per heavy atom. The zero-order valence-corrected chi connectivity index (χ0v) is 15.0. The molecule has 7 heteroatoms. The summed E-state index contributed by atoms with van der Waals surface area (Å²) in [4.78, 5) is 0. The molecule has 0 saturated heterocycles. The summed E-state index contributed by atoms with van der Waals surface area (Å²) in [6.45, 7) is 5.22. The smallest absolute Gasteiger partial charge is 0.426 e. The van der Waals surface area contributed by atoms with Crippen molar-refractivity contribution in [2.45, 2.75) is 32.3 Å². The highest BCUT2D eigenvalue weighted by Gasteiger charge is 2.40. The molecule has 0 unspecified atom stereocenters. The highest BCUT2D eigenvalue weighted by Crippen LogP contribution is 2.36. The van der Waals surface area contributed by atoms with Gasteiger partial charge in [0, 0.05) is 5.56 Å². The second kappa shape index (κ2) is 8.99. The number of halogens is 6. The van der Waals surface area contributed by atoms with Crippen molar-refractivity contribution in [2.75, 3.05) is 0 Å². The van der Waals surface area contributed by atoms with Crippen LogP contribution in [0.15, 0.2) is 43.0 Å². The first-order chi connectivity index (χ1) is 13.2. The lowest BCUT2D eigenvalue weighted by Gasteiger charge is -2.20. The van der Waals surface area contributed by atoms with Gasteiger partial charge in [0.25, 0.3) is 0 Å². The van der Waals surface area contributed by atoms with Crippen LogP contribution >= 0.6 is 0 Å². The summed E-state index contributed by atoms with van der Waals surface area (Å²) in [6.07, 6.45) is 0.856. The van der Waals surface area contributed by atoms with Gasteiger partial charge in [0.15, 0.2) is 23.2 Å². The van der Waals surface area contributed by atoms with E-state index in [2.05, 4.69) is 11.3 Å². The zero-order valence-electron chi connectivity index (χ0n) is 15.0. The standard InChI is InChI=1S/C21H18F6O/c1-3-5-7-13-9-11-15(19(24)17(13)22)21(26,27)28-16-12-10-14(8-6-4-2)18(23)20(16)25/h3,6,8-12H,1,4-5,7H2,2H3. The van der Waals surface area contributed by atoms with Crippen molar-refractivity contribution < 1.29 is 31.1 Å². The average Bonchev–Trinajstić information content (AvgIpc) is 2.66. The summed E-state index contributed by atoms with van der Waals surface area (Å²) in [5.74, 6) is -7.42. The summed E-state index contributed by atoms with van der Waals surface area (Å²) < 4.78 is 89.1. The van der Waals surface area contributed by atoms with E-state index in [1.54, 1.807) is 13.0 Å². The topological polar surface area (TPSA) is 9.23 Å². The highest BCUT2D eigenvalue weighted by atomic mass is 19.3. The lowest BCUT2D eigenvalue weighted by Crippen LogP contribution is -2.25. The number of allylic oxidation sites excluding steroid dienone is 2. The van der Waals surface area contributed by atoms with E-state index >= 15 is 0 Å². The molecule has 0 N–H and O–H groups in total. The third-order valence-corrected chi connectivity index (χ3v) is 3.94. The SMILES string of the molecule is C=CCCc1ccc(C(F)(F)Oc2ccc(C=CCC)c(F)c2F)c(F)c1F. The fourth-order valence-corrected chi connectivity index (χ4v) is 2.46. The lowest BCUT2D eigenvalue weighted by atomic mass is 10.0. The van der Waals surface area contributed by atoms with Crippen molar-refractivity contribution in [2.24, 2.45) is 0 Å². The summed E-state index contributed by atoms with van der Waals surface area (Å²) in [7, 11) is 0. The van der Waals surface area contributed by atoms with Crippen LogP contribution < -0.4 is 4.74 Å². The number of hydrogen-bond acceptors (Lipinski definition) is 1. The number of alkyl halides is 2. The molecule has 2 aromatic carbocycles. The van der Waals surface area contributed by atoms with Gasteiger partial charge in [0.1, 0.15) is 5.56 Å². The Hall–Kier alpha value is -2.70. The molecule has 0 aromatic heterocycles. The predicted octanol–water partition coefficient (Wildman–Crippen LogP) is 6.91. The van der Waals surface area contributed by atoms with E-state index in [4.69, 9.17) is 0 Å². The van der Waals surface area contributed by atoms with Crippen LogP contribution in [0.3, 0.4) is 0 Å². The van der Waals surface area contributed by atoms with Crippen LogP contribution in [0.25, 0.3) is 6.08 Å². The fraction of sp³-hybridized carbons (Fsp3) is 0.238. The molecule has 0 fully saturated rings. The molecule has 0 saturated carbocycles. The Bertz CT molecular complexity index is 889. The van der Waals surface area contributed by atoms with Gasteiger partial charge in [-0.15, -0.1) is 6.58 Å². The van der Waals surface area contributed by atoms with Crippen LogP contribution in [0.5, 0.6) is 5.75 Å². The Labute approximate surface area is 159 Å². The quantitative estimate of drug-likeness (QED) is 0.345. The van der Waals surface area contributed by atoms with E-state index in [0.717, 1.165) is 18.2 Å². The van der Waals surface area contributed by atoms with Crippen LogP contribution in [0.2, 0.25) is 0 Å². The summed E-state index contributed by atoms with van der Waals surface area (Å²) >= 11 is 0. The average molecular weight is 400 g/mol. The van der Waals surface area contributed by atoms with Gasteiger partial charge in [-0.1, -0.05) is 31.2 Å². The van der Waals surface area contributed by atoms with Gasteiger partial charge >= 0.3 is 6.11 Å². The van der Waals surface area contributed by atoms with E-state index in [1.807, 2.05) is 0 Å². The van der Waals surface area contributed by atoms with Gasteiger partial charge in [0.05, 0.1) is 0 Å². The first kappa shape index (κ1) is 21.6. The molecule has 0 atom stereocenters. The third kappa shape index (κ3) is 4.58. The maximum atomic E-state index is 14.3. The van der Waals surface area contributed by atoms with Gasteiger partial charge in [-0.25, -0.2) is 13.2 Å². The van der Waals surface area contributed by atoms with Crippen LogP contribution in [0, 0.1) is 23.3 Å². The Morgan fingerprint density at radius 1 is 0.964 bits per heavy atom. The maximum absolute atomic E-state index is 14.3. The van der Waals surface area contributed by atoms with Gasteiger partial charge in [-0.2, -0.15) is 13.2 Å². The van der Waals surface area contributed by atoms with Crippen LogP contribution in [-0.4, -0.2) is 0 Å². The molecule has 1 nitrogen and oxygen atoms in total. The molecule has 0 amide bonds.